The van der Waals surface area contributed by atoms with E-state index < -0.39 is 11.6 Å². The molecule has 0 saturated carbocycles. The third-order valence-electron chi connectivity index (χ3n) is 3.81. The number of carboxylic acid groups (broad SMARTS) is 1. The van der Waals surface area contributed by atoms with Crippen molar-refractivity contribution in [2.24, 2.45) is 0 Å². The lowest BCUT2D eigenvalue weighted by Gasteiger charge is -2.31. The predicted octanol–water partition coefficient (Wildman–Crippen LogP) is 4.78. The molecule has 0 radical (unpaired) electrons. The Kier molecular flexibility index (Phi) is 4.48. The zero-order valence-corrected chi connectivity index (χ0v) is 14.6. The minimum Gasteiger partial charge on any atom is -0.465 e. The van der Waals surface area contributed by atoms with Crippen LogP contribution in [0, 0.1) is 0 Å². The molecule has 1 aromatic rings. The molecule has 21 heavy (non-hydrogen) atoms. The van der Waals surface area contributed by atoms with Gasteiger partial charge in [0.15, 0.2) is 0 Å². The number of carbonyl (C=O) groups is 1. The maximum atomic E-state index is 11.0. The van der Waals surface area contributed by atoms with E-state index in [0.29, 0.717) is 0 Å². The monoisotopic (exact) mass is 291 g/mol. The average molecular weight is 291 g/mol. The zero-order valence-electron chi connectivity index (χ0n) is 14.6. The van der Waals surface area contributed by atoms with Gasteiger partial charge >= 0.3 is 6.09 Å². The Morgan fingerprint density at radius 3 is 1.43 bits per heavy atom. The van der Waals surface area contributed by atoms with E-state index >= 15 is 0 Å². The van der Waals surface area contributed by atoms with Gasteiger partial charge < -0.3 is 10.4 Å². The number of benzene rings is 1. The summed E-state index contributed by atoms with van der Waals surface area (Å²) in [7, 11) is 0. The number of rotatable bonds is 2. The maximum absolute atomic E-state index is 11.0. The number of nitrogens with one attached hydrogen (secondary N) is 1. The average Bonchev–Trinajstić information content (AvgIpc) is 2.24. The largest absolute Gasteiger partial charge is 0.465 e. The molecular weight excluding hydrogens is 262 g/mol. The Labute approximate surface area is 128 Å². The van der Waals surface area contributed by atoms with Gasteiger partial charge in [-0.15, -0.1) is 0 Å². The zero-order chi connectivity index (χ0) is 16.6. The summed E-state index contributed by atoms with van der Waals surface area (Å²) in [5.41, 5.74) is 2.88. The van der Waals surface area contributed by atoms with Crippen molar-refractivity contribution in [2.45, 2.75) is 71.8 Å². The van der Waals surface area contributed by atoms with Crippen LogP contribution in [-0.2, 0) is 16.4 Å². The number of amides is 1. The van der Waals surface area contributed by atoms with Crippen molar-refractivity contribution in [3.63, 3.8) is 0 Å². The second kappa shape index (κ2) is 5.36. The van der Waals surface area contributed by atoms with Crippen molar-refractivity contribution in [1.82, 2.24) is 5.32 Å². The van der Waals surface area contributed by atoms with Crippen molar-refractivity contribution in [3.05, 3.63) is 34.9 Å². The lowest BCUT2D eigenvalue weighted by atomic mass is 9.77. The van der Waals surface area contributed by atoms with Crippen LogP contribution in [0.5, 0.6) is 0 Å². The molecule has 118 valence electrons. The SMILES string of the molecule is CC(C)(C)c1cc(C(C)(C)C)cc(C(C)(C)NC(=O)O)c1. The lowest BCUT2D eigenvalue weighted by Crippen LogP contribution is -2.40. The van der Waals surface area contributed by atoms with E-state index in [1.54, 1.807) is 0 Å². The van der Waals surface area contributed by atoms with E-state index in [1.165, 1.54) is 11.1 Å². The molecule has 0 atom stereocenters. The minimum absolute atomic E-state index is 0.0231. The Hall–Kier alpha value is -1.51. The van der Waals surface area contributed by atoms with Crippen molar-refractivity contribution < 1.29 is 9.90 Å². The second-order valence-corrected chi connectivity index (χ2v) is 8.35. The molecule has 1 amide bonds. The molecule has 0 aliphatic rings. The summed E-state index contributed by atoms with van der Waals surface area (Å²) in [6.45, 7) is 16.9. The topological polar surface area (TPSA) is 49.3 Å². The van der Waals surface area contributed by atoms with Gasteiger partial charge in [-0.2, -0.15) is 0 Å². The highest BCUT2D eigenvalue weighted by Crippen LogP contribution is 2.33. The van der Waals surface area contributed by atoms with Crippen LogP contribution in [0.15, 0.2) is 18.2 Å². The molecule has 0 fully saturated rings. The Morgan fingerprint density at radius 1 is 0.810 bits per heavy atom. The molecule has 0 aliphatic carbocycles. The quantitative estimate of drug-likeness (QED) is 0.823. The normalized spacial score (nSPS) is 13.1. The summed E-state index contributed by atoms with van der Waals surface area (Å²) in [6, 6.07) is 6.47. The van der Waals surface area contributed by atoms with E-state index in [2.05, 4.69) is 65.1 Å². The van der Waals surface area contributed by atoms with Gasteiger partial charge in [0.2, 0.25) is 0 Å². The van der Waals surface area contributed by atoms with Crippen LogP contribution < -0.4 is 5.32 Å². The second-order valence-electron chi connectivity index (χ2n) is 8.35. The Bertz CT molecular complexity index is 499. The van der Waals surface area contributed by atoms with E-state index in [1.807, 2.05) is 13.8 Å². The third kappa shape index (κ3) is 4.48. The highest BCUT2D eigenvalue weighted by atomic mass is 16.4. The maximum Gasteiger partial charge on any atom is 0.405 e. The van der Waals surface area contributed by atoms with Crippen molar-refractivity contribution in [3.8, 4) is 0 Å². The molecule has 3 nitrogen and oxygen atoms in total. The Balaban J connectivity index is 3.49. The standard InChI is InChI=1S/C18H29NO2/c1-16(2,3)12-9-13(17(4,5)6)11-14(10-12)18(7,8)19-15(20)21/h9-11,19H,1-8H3,(H,20,21). The number of hydrogen-bond acceptors (Lipinski definition) is 1. The van der Waals surface area contributed by atoms with Crippen LogP contribution in [0.4, 0.5) is 4.79 Å². The van der Waals surface area contributed by atoms with Gasteiger partial charge in [-0.25, -0.2) is 4.79 Å². The molecule has 0 bridgehead atoms. The smallest absolute Gasteiger partial charge is 0.405 e. The van der Waals surface area contributed by atoms with E-state index in [4.69, 9.17) is 5.11 Å². The first-order valence-corrected chi connectivity index (χ1v) is 7.41. The summed E-state index contributed by atoms with van der Waals surface area (Å²) in [4.78, 5) is 11.0. The Morgan fingerprint density at radius 2 is 1.14 bits per heavy atom. The molecule has 1 rings (SSSR count). The lowest BCUT2D eigenvalue weighted by molar-refractivity contribution is 0.182. The fraction of sp³-hybridized carbons (Fsp3) is 0.611. The molecule has 0 heterocycles. The van der Waals surface area contributed by atoms with Crippen molar-refractivity contribution >= 4 is 6.09 Å². The predicted molar refractivity (Wildman–Crippen MR) is 88.0 cm³/mol. The van der Waals surface area contributed by atoms with Crippen molar-refractivity contribution in [2.75, 3.05) is 0 Å². The first-order valence-electron chi connectivity index (χ1n) is 7.41. The highest BCUT2D eigenvalue weighted by molar-refractivity contribution is 5.66. The van der Waals surface area contributed by atoms with Gasteiger partial charge in [0.05, 0.1) is 5.54 Å². The van der Waals surface area contributed by atoms with Gasteiger partial charge in [-0.05, 0) is 41.4 Å². The van der Waals surface area contributed by atoms with Gasteiger partial charge in [0.1, 0.15) is 0 Å². The molecule has 0 aromatic heterocycles. The van der Waals surface area contributed by atoms with E-state index in [9.17, 15) is 4.79 Å². The van der Waals surface area contributed by atoms with Crippen LogP contribution in [0.25, 0.3) is 0 Å². The summed E-state index contributed by atoms with van der Waals surface area (Å²) in [5, 5.41) is 11.7. The van der Waals surface area contributed by atoms with Crippen LogP contribution in [0.2, 0.25) is 0 Å². The fourth-order valence-corrected chi connectivity index (χ4v) is 2.19. The third-order valence-corrected chi connectivity index (χ3v) is 3.81. The molecule has 0 aliphatic heterocycles. The highest BCUT2D eigenvalue weighted by Gasteiger charge is 2.27. The first kappa shape index (κ1) is 17.5. The van der Waals surface area contributed by atoms with Crippen molar-refractivity contribution in [1.29, 1.82) is 0 Å². The van der Waals surface area contributed by atoms with E-state index in [0.717, 1.165) is 5.56 Å². The van der Waals surface area contributed by atoms with Gasteiger partial charge in [-0.3, -0.25) is 0 Å². The first-order chi connectivity index (χ1) is 9.23. The van der Waals surface area contributed by atoms with Gasteiger partial charge in [0.25, 0.3) is 0 Å². The summed E-state index contributed by atoms with van der Waals surface area (Å²) in [5.74, 6) is 0. The fourth-order valence-electron chi connectivity index (χ4n) is 2.19. The van der Waals surface area contributed by atoms with Gasteiger partial charge in [0, 0.05) is 0 Å². The molecule has 0 saturated heterocycles. The van der Waals surface area contributed by atoms with Crippen LogP contribution >= 0.6 is 0 Å². The molecule has 3 heteroatoms. The van der Waals surface area contributed by atoms with E-state index in [-0.39, 0.29) is 10.8 Å². The molecule has 1 aromatic carbocycles. The van der Waals surface area contributed by atoms with Crippen LogP contribution in [0.3, 0.4) is 0 Å². The summed E-state index contributed by atoms with van der Waals surface area (Å²) < 4.78 is 0. The summed E-state index contributed by atoms with van der Waals surface area (Å²) in [6.07, 6.45) is -1.00. The molecule has 2 N–H and O–H groups in total. The summed E-state index contributed by atoms with van der Waals surface area (Å²) >= 11 is 0. The van der Waals surface area contributed by atoms with Crippen LogP contribution in [0.1, 0.15) is 72.1 Å². The molecule has 0 unspecified atom stereocenters. The van der Waals surface area contributed by atoms with Crippen LogP contribution in [-0.4, -0.2) is 11.2 Å². The minimum atomic E-state index is -1.00. The molecular formula is C18H29NO2. The molecule has 0 spiro atoms. The number of hydrogen-bond donors (Lipinski definition) is 2. The van der Waals surface area contributed by atoms with Gasteiger partial charge in [-0.1, -0.05) is 59.7 Å².